The topological polar surface area (TPSA) is 47.6 Å². The third kappa shape index (κ3) is 3.48. The monoisotopic (exact) mass is 269 g/mol. The predicted octanol–water partition coefficient (Wildman–Crippen LogP) is 2.12. The number of carbonyl (C=O) groups is 1. The van der Waals surface area contributed by atoms with E-state index in [4.69, 9.17) is 9.47 Å². The molecule has 1 unspecified atom stereocenters. The Kier molecular flexibility index (Phi) is 5.22. The van der Waals surface area contributed by atoms with Crippen LogP contribution in [-0.2, 0) is 14.3 Å². The first kappa shape index (κ1) is 14.8. The van der Waals surface area contributed by atoms with Gasteiger partial charge in [0.15, 0.2) is 0 Å². The minimum Gasteiger partial charge on any atom is -0.468 e. The summed E-state index contributed by atoms with van der Waals surface area (Å²) in [6, 6.07) is 0. The van der Waals surface area contributed by atoms with Crippen molar-refractivity contribution in [1.29, 1.82) is 0 Å². The molecule has 0 aromatic rings. The molecule has 0 aromatic heterocycles. The van der Waals surface area contributed by atoms with E-state index in [1.54, 1.807) is 0 Å². The number of nitrogens with one attached hydrogen (secondary N) is 1. The van der Waals surface area contributed by atoms with Gasteiger partial charge in [-0.1, -0.05) is 26.2 Å². The van der Waals surface area contributed by atoms with Gasteiger partial charge in [-0.25, -0.2) is 4.79 Å². The maximum atomic E-state index is 12.1. The van der Waals surface area contributed by atoms with Crippen LogP contribution < -0.4 is 5.32 Å². The highest BCUT2D eigenvalue weighted by atomic mass is 16.5. The lowest BCUT2D eigenvalue weighted by Gasteiger charge is -2.32. The zero-order valence-electron chi connectivity index (χ0n) is 12.2. The van der Waals surface area contributed by atoms with Gasteiger partial charge >= 0.3 is 5.97 Å². The summed E-state index contributed by atoms with van der Waals surface area (Å²) in [5.41, 5.74) is -0.608. The van der Waals surface area contributed by atoms with Gasteiger partial charge in [0, 0.05) is 6.61 Å². The number of methoxy groups -OCH3 is 1. The fourth-order valence-electron chi connectivity index (χ4n) is 2.95. The molecule has 1 N–H and O–H groups in total. The van der Waals surface area contributed by atoms with E-state index in [9.17, 15) is 4.79 Å². The summed E-state index contributed by atoms with van der Waals surface area (Å²) < 4.78 is 10.8. The molecule has 2 aliphatic carbocycles. The molecule has 110 valence electrons. The third-order valence-electron chi connectivity index (χ3n) is 4.54. The highest BCUT2D eigenvalue weighted by molar-refractivity contribution is 5.82. The standard InChI is InChI=1S/C15H27NO3/c1-3-16-15(13-7-8-13,14(17)18-2)11-19-10-9-12-5-4-6-12/h12-13,16H,3-11H2,1-2H3. The number of hydrogen-bond donors (Lipinski definition) is 1. The molecule has 0 aromatic carbocycles. The fraction of sp³-hybridized carbons (Fsp3) is 0.933. The Bertz CT molecular complexity index is 300. The minimum absolute atomic E-state index is 0.166. The van der Waals surface area contributed by atoms with E-state index in [-0.39, 0.29) is 5.97 Å². The lowest BCUT2D eigenvalue weighted by atomic mass is 9.83. The summed E-state index contributed by atoms with van der Waals surface area (Å²) in [4.78, 5) is 12.1. The number of ether oxygens (including phenoxy) is 2. The second-order valence-electron chi connectivity index (χ2n) is 5.91. The summed E-state index contributed by atoms with van der Waals surface area (Å²) >= 11 is 0. The summed E-state index contributed by atoms with van der Waals surface area (Å²) in [6.07, 6.45) is 7.38. The van der Waals surface area contributed by atoms with Crippen LogP contribution in [0.3, 0.4) is 0 Å². The number of hydrogen-bond acceptors (Lipinski definition) is 4. The van der Waals surface area contributed by atoms with Crippen LogP contribution >= 0.6 is 0 Å². The molecular formula is C15H27NO3. The predicted molar refractivity (Wildman–Crippen MR) is 73.9 cm³/mol. The highest BCUT2D eigenvalue weighted by Gasteiger charge is 2.51. The maximum absolute atomic E-state index is 12.1. The van der Waals surface area contributed by atoms with Crippen molar-refractivity contribution in [2.24, 2.45) is 11.8 Å². The van der Waals surface area contributed by atoms with Gasteiger partial charge in [0.05, 0.1) is 13.7 Å². The molecule has 4 nitrogen and oxygen atoms in total. The van der Waals surface area contributed by atoms with Crippen LogP contribution in [0.15, 0.2) is 0 Å². The number of carbonyl (C=O) groups excluding carboxylic acids is 1. The van der Waals surface area contributed by atoms with Crippen molar-refractivity contribution in [1.82, 2.24) is 5.32 Å². The number of rotatable bonds is 9. The fourth-order valence-corrected chi connectivity index (χ4v) is 2.95. The van der Waals surface area contributed by atoms with Gasteiger partial charge in [0.1, 0.15) is 5.54 Å². The van der Waals surface area contributed by atoms with Crippen molar-refractivity contribution in [3.05, 3.63) is 0 Å². The van der Waals surface area contributed by atoms with Crippen molar-refractivity contribution in [3.8, 4) is 0 Å². The van der Waals surface area contributed by atoms with E-state index in [2.05, 4.69) is 5.32 Å². The first-order valence-corrected chi connectivity index (χ1v) is 7.64. The van der Waals surface area contributed by atoms with Gasteiger partial charge in [0.25, 0.3) is 0 Å². The van der Waals surface area contributed by atoms with Crippen molar-refractivity contribution < 1.29 is 14.3 Å². The maximum Gasteiger partial charge on any atom is 0.328 e. The van der Waals surface area contributed by atoms with Gasteiger partial charge in [-0.15, -0.1) is 0 Å². The molecule has 0 heterocycles. The van der Waals surface area contributed by atoms with Crippen LogP contribution in [0.25, 0.3) is 0 Å². The Hall–Kier alpha value is -0.610. The third-order valence-corrected chi connectivity index (χ3v) is 4.54. The Morgan fingerprint density at radius 3 is 2.53 bits per heavy atom. The van der Waals surface area contributed by atoms with Crippen molar-refractivity contribution in [3.63, 3.8) is 0 Å². The van der Waals surface area contributed by atoms with Gasteiger partial charge in [-0.2, -0.15) is 0 Å². The van der Waals surface area contributed by atoms with E-state index in [1.165, 1.54) is 26.4 Å². The second kappa shape index (κ2) is 6.71. The molecule has 1 atom stereocenters. The van der Waals surface area contributed by atoms with Gasteiger partial charge in [-0.3, -0.25) is 5.32 Å². The normalized spacial score (nSPS) is 22.6. The Morgan fingerprint density at radius 1 is 1.32 bits per heavy atom. The Balaban J connectivity index is 1.82. The molecule has 19 heavy (non-hydrogen) atoms. The SMILES string of the molecule is CCNC(COCCC1CCC1)(C(=O)OC)C1CC1. The molecule has 0 saturated heterocycles. The molecule has 2 fully saturated rings. The summed E-state index contributed by atoms with van der Waals surface area (Å²) in [7, 11) is 1.46. The van der Waals surface area contributed by atoms with Crippen molar-refractivity contribution in [2.45, 2.75) is 51.0 Å². The van der Waals surface area contributed by atoms with Crippen LogP contribution in [0.4, 0.5) is 0 Å². The molecule has 2 saturated carbocycles. The zero-order valence-corrected chi connectivity index (χ0v) is 12.2. The molecular weight excluding hydrogens is 242 g/mol. The van der Waals surface area contributed by atoms with Crippen LogP contribution in [0, 0.1) is 11.8 Å². The quantitative estimate of drug-likeness (QED) is 0.514. The molecule has 2 rings (SSSR count). The number of likely N-dealkylation sites (N-methyl/N-ethyl adjacent to an activating group) is 1. The summed E-state index contributed by atoms with van der Waals surface area (Å²) in [5, 5.41) is 3.33. The Morgan fingerprint density at radius 2 is 2.05 bits per heavy atom. The van der Waals surface area contributed by atoms with Crippen LogP contribution in [-0.4, -0.2) is 38.4 Å². The van der Waals surface area contributed by atoms with Crippen LogP contribution in [0.5, 0.6) is 0 Å². The average molecular weight is 269 g/mol. The molecule has 4 heteroatoms. The van der Waals surface area contributed by atoms with Crippen molar-refractivity contribution in [2.75, 3.05) is 26.9 Å². The van der Waals surface area contributed by atoms with E-state index in [0.29, 0.717) is 12.5 Å². The van der Waals surface area contributed by atoms with E-state index in [0.717, 1.165) is 38.3 Å². The smallest absolute Gasteiger partial charge is 0.328 e. The minimum atomic E-state index is -0.608. The highest BCUT2D eigenvalue weighted by Crippen LogP contribution is 2.41. The zero-order chi connectivity index (χ0) is 13.7. The average Bonchev–Trinajstić information content (AvgIpc) is 3.18. The first-order valence-electron chi connectivity index (χ1n) is 7.64. The van der Waals surface area contributed by atoms with E-state index < -0.39 is 5.54 Å². The van der Waals surface area contributed by atoms with Gasteiger partial charge < -0.3 is 9.47 Å². The molecule has 2 aliphatic rings. The summed E-state index contributed by atoms with van der Waals surface area (Å²) in [6.45, 7) is 4.00. The van der Waals surface area contributed by atoms with Crippen LogP contribution in [0.2, 0.25) is 0 Å². The van der Waals surface area contributed by atoms with E-state index >= 15 is 0 Å². The first-order chi connectivity index (χ1) is 9.23. The molecule has 0 radical (unpaired) electrons. The lowest BCUT2D eigenvalue weighted by molar-refractivity contribution is -0.153. The van der Waals surface area contributed by atoms with Gasteiger partial charge in [0.2, 0.25) is 0 Å². The van der Waals surface area contributed by atoms with Crippen LogP contribution in [0.1, 0.15) is 45.4 Å². The lowest BCUT2D eigenvalue weighted by Crippen LogP contribution is -2.58. The molecule has 0 aliphatic heterocycles. The molecule has 0 amide bonds. The summed E-state index contributed by atoms with van der Waals surface area (Å²) in [5.74, 6) is 1.07. The van der Waals surface area contributed by atoms with Crippen molar-refractivity contribution >= 4 is 5.97 Å². The van der Waals surface area contributed by atoms with E-state index in [1.807, 2.05) is 6.92 Å². The largest absolute Gasteiger partial charge is 0.468 e. The molecule has 0 bridgehead atoms. The Labute approximate surface area is 116 Å². The number of esters is 1. The molecule has 0 spiro atoms. The van der Waals surface area contributed by atoms with Gasteiger partial charge in [-0.05, 0) is 37.6 Å². The second-order valence-corrected chi connectivity index (χ2v) is 5.91.